The SMILES string of the molecule is C=CC(=O)N1CCC(N)CC1.COc1ccc2nc(-c3ccc4c(c3)OCC4)c(-c3cccc(F)c3)n2n1. The second kappa shape index (κ2) is 11.0. The molecule has 0 atom stereocenters. The van der Waals surface area contributed by atoms with Gasteiger partial charge in [0.25, 0.3) is 0 Å². The molecule has 1 amide bonds. The van der Waals surface area contributed by atoms with Gasteiger partial charge in [0.2, 0.25) is 11.8 Å². The molecule has 9 heteroatoms. The van der Waals surface area contributed by atoms with Crippen LogP contribution in [0.2, 0.25) is 0 Å². The Kier molecular flexibility index (Phi) is 7.37. The maximum Gasteiger partial charge on any atom is 0.245 e. The number of rotatable bonds is 4. The van der Waals surface area contributed by atoms with Crippen molar-refractivity contribution in [1.82, 2.24) is 19.5 Å². The van der Waals surface area contributed by atoms with E-state index in [2.05, 4.69) is 17.7 Å². The maximum absolute atomic E-state index is 13.9. The normalized spacial score (nSPS) is 14.9. The van der Waals surface area contributed by atoms with E-state index in [4.69, 9.17) is 20.2 Å². The molecule has 38 heavy (non-hydrogen) atoms. The number of carbonyl (C=O) groups excluding carboxylic acids is 1. The third-order valence-corrected chi connectivity index (χ3v) is 6.76. The van der Waals surface area contributed by atoms with Crippen LogP contribution in [0.1, 0.15) is 18.4 Å². The Morgan fingerprint density at radius 1 is 1.16 bits per heavy atom. The highest BCUT2D eigenvalue weighted by molar-refractivity contribution is 5.87. The van der Waals surface area contributed by atoms with Crippen LogP contribution in [0, 0.1) is 5.82 Å². The number of halogens is 1. The maximum atomic E-state index is 13.9. The molecule has 2 aromatic carbocycles. The third kappa shape index (κ3) is 5.24. The lowest BCUT2D eigenvalue weighted by Gasteiger charge is -2.29. The number of imidazole rings is 1. The van der Waals surface area contributed by atoms with Crippen molar-refractivity contribution < 1.29 is 18.7 Å². The van der Waals surface area contributed by atoms with Gasteiger partial charge < -0.3 is 20.1 Å². The first kappa shape index (κ1) is 25.4. The summed E-state index contributed by atoms with van der Waals surface area (Å²) < 4.78 is 26.6. The molecular weight excluding hydrogens is 485 g/mol. The fourth-order valence-corrected chi connectivity index (χ4v) is 4.68. The Balaban J connectivity index is 0.000000226. The van der Waals surface area contributed by atoms with Crippen molar-refractivity contribution in [3.63, 3.8) is 0 Å². The zero-order chi connectivity index (χ0) is 26.6. The van der Waals surface area contributed by atoms with Crippen molar-refractivity contribution in [3.05, 3.63) is 78.6 Å². The molecular formula is C29H30FN5O3. The summed E-state index contributed by atoms with van der Waals surface area (Å²) in [6.45, 7) is 5.69. The van der Waals surface area contributed by atoms with Crippen molar-refractivity contribution in [1.29, 1.82) is 0 Å². The lowest BCUT2D eigenvalue weighted by molar-refractivity contribution is -0.126. The predicted molar refractivity (Wildman–Crippen MR) is 144 cm³/mol. The minimum atomic E-state index is -0.311. The number of nitrogens with two attached hydrogens (primary N) is 1. The summed E-state index contributed by atoms with van der Waals surface area (Å²) in [5.41, 5.74) is 10.6. The molecule has 4 aromatic rings. The standard InChI is InChI=1S/C21H16FN3O2.C8H14N2O/c1-26-19-8-7-18-23-20(14-6-5-13-9-10-27-17(13)12-14)21(25(18)24-19)15-3-2-4-16(22)11-15;1-2-8(11)10-5-3-7(9)4-6-10/h2-8,11-12H,9-10H2,1H3;2,7H,1,3-6,9H2. The third-order valence-electron chi connectivity index (χ3n) is 6.76. The number of ether oxygens (including phenoxy) is 2. The van der Waals surface area contributed by atoms with E-state index in [1.54, 1.807) is 28.7 Å². The number of aromatic nitrogens is 3. The van der Waals surface area contributed by atoms with Crippen molar-refractivity contribution in [2.24, 2.45) is 5.73 Å². The first-order chi connectivity index (χ1) is 18.5. The van der Waals surface area contributed by atoms with Gasteiger partial charge in [0.05, 0.1) is 19.4 Å². The van der Waals surface area contributed by atoms with E-state index in [9.17, 15) is 9.18 Å². The van der Waals surface area contributed by atoms with Crippen molar-refractivity contribution in [2.45, 2.75) is 25.3 Å². The van der Waals surface area contributed by atoms with Gasteiger partial charge >= 0.3 is 0 Å². The molecule has 2 aliphatic rings. The van der Waals surface area contributed by atoms with E-state index in [0.29, 0.717) is 29.4 Å². The van der Waals surface area contributed by atoms with Crippen LogP contribution >= 0.6 is 0 Å². The smallest absolute Gasteiger partial charge is 0.245 e. The molecule has 8 nitrogen and oxygen atoms in total. The summed E-state index contributed by atoms with van der Waals surface area (Å²) in [5, 5.41) is 4.50. The summed E-state index contributed by atoms with van der Waals surface area (Å²) in [5.74, 6) is 1.05. The van der Waals surface area contributed by atoms with Gasteiger partial charge in [0, 0.05) is 42.7 Å². The Morgan fingerprint density at radius 2 is 1.97 bits per heavy atom. The molecule has 0 bridgehead atoms. The van der Waals surface area contributed by atoms with E-state index in [1.165, 1.54) is 23.8 Å². The largest absolute Gasteiger partial charge is 0.493 e. The second-order valence-electron chi connectivity index (χ2n) is 9.25. The summed E-state index contributed by atoms with van der Waals surface area (Å²) in [7, 11) is 1.56. The summed E-state index contributed by atoms with van der Waals surface area (Å²) >= 11 is 0. The van der Waals surface area contributed by atoms with Crippen LogP contribution in [0.3, 0.4) is 0 Å². The van der Waals surface area contributed by atoms with Gasteiger partial charge in [0.1, 0.15) is 17.3 Å². The Bertz CT molecular complexity index is 1480. The van der Waals surface area contributed by atoms with Crippen molar-refractivity contribution in [2.75, 3.05) is 26.8 Å². The van der Waals surface area contributed by atoms with Crippen LogP contribution < -0.4 is 15.2 Å². The Labute approximate surface area is 220 Å². The fourth-order valence-electron chi connectivity index (χ4n) is 4.68. The first-order valence-electron chi connectivity index (χ1n) is 12.6. The van der Waals surface area contributed by atoms with E-state index >= 15 is 0 Å². The molecule has 0 spiro atoms. The van der Waals surface area contributed by atoms with Gasteiger partial charge in [-0.2, -0.15) is 0 Å². The lowest BCUT2D eigenvalue weighted by atomic mass is 10.0. The van der Waals surface area contributed by atoms with Gasteiger partial charge in [-0.1, -0.05) is 30.8 Å². The molecule has 0 unspecified atom stereocenters. The molecule has 196 valence electrons. The highest BCUT2D eigenvalue weighted by atomic mass is 19.1. The number of fused-ring (bicyclic) bond motifs is 2. The van der Waals surface area contributed by atoms with Crippen LogP contribution in [0.4, 0.5) is 4.39 Å². The summed E-state index contributed by atoms with van der Waals surface area (Å²) in [6, 6.07) is 16.4. The molecule has 2 N–H and O–H groups in total. The number of piperidine rings is 1. The average molecular weight is 516 g/mol. The summed E-state index contributed by atoms with van der Waals surface area (Å²) in [4.78, 5) is 17.6. The van der Waals surface area contributed by atoms with Crippen LogP contribution in [-0.4, -0.2) is 58.3 Å². The van der Waals surface area contributed by atoms with Crippen molar-refractivity contribution >= 4 is 11.6 Å². The quantitative estimate of drug-likeness (QED) is 0.408. The zero-order valence-corrected chi connectivity index (χ0v) is 21.3. The van der Waals surface area contributed by atoms with Crippen LogP contribution in [0.5, 0.6) is 11.6 Å². The molecule has 0 aliphatic carbocycles. The second-order valence-corrected chi connectivity index (χ2v) is 9.25. The van der Waals surface area contributed by atoms with E-state index in [-0.39, 0.29) is 17.8 Å². The number of likely N-dealkylation sites (tertiary alicyclic amines) is 1. The van der Waals surface area contributed by atoms with Crippen LogP contribution in [0.25, 0.3) is 28.2 Å². The minimum absolute atomic E-state index is 0.0249. The lowest BCUT2D eigenvalue weighted by Crippen LogP contribution is -2.42. The van der Waals surface area contributed by atoms with Gasteiger partial charge in [-0.05, 0) is 48.7 Å². The molecule has 1 saturated heterocycles. The molecule has 1 fully saturated rings. The molecule has 2 aliphatic heterocycles. The molecule has 6 rings (SSSR count). The average Bonchev–Trinajstić information content (AvgIpc) is 3.57. The summed E-state index contributed by atoms with van der Waals surface area (Å²) in [6.07, 6.45) is 4.10. The van der Waals surface area contributed by atoms with Gasteiger partial charge in [-0.15, -0.1) is 5.10 Å². The first-order valence-corrected chi connectivity index (χ1v) is 12.6. The molecule has 0 saturated carbocycles. The highest BCUT2D eigenvalue weighted by Crippen LogP contribution is 2.36. The van der Waals surface area contributed by atoms with Gasteiger partial charge in [0.15, 0.2) is 5.65 Å². The van der Waals surface area contributed by atoms with Gasteiger partial charge in [-0.3, -0.25) is 4.79 Å². The van der Waals surface area contributed by atoms with Crippen LogP contribution in [0.15, 0.2) is 67.3 Å². The topological polar surface area (TPSA) is 95.0 Å². The van der Waals surface area contributed by atoms with E-state index < -0.39 is 0 Å². The minimum Gasteiger partial charge on any atom is -0.493 e. The number of amides is 1. The molecule has 4 heterocycles. The molecule has 0 radical (unpaired) electrons. The Hall–Kier alpha value is -4.24. The monoisotopic (exact) mass is 515 g/mol. The zero-order valence-electron chi connectivity index (χ0n) is 21.3. The molecule has 2 aromatic heterocycles. The predicted octanol–water partition coefficient (Wildman–Crippen LogP) is 4.27. The fraction of sp³-hybridized carbons (Fsp3) is 0.276. The number of hydrogen-bond acceptors (Lipinski definition) is 6. The van der Waals surface area contributed by atoms with Gasteiger partial charge in [-0.25, -0.2) is 13.9 Å². The number of methoxy groups -OCH3 is 1. The van der Waals surface area contributed by atoms with E-state index in [0.717, 1.165) is 49.4 Å². The number of carbonyl (C=O) groups is 1. The number of nitrogens with zero attached hydrogens (tertiary/aromatic N) is 4. The number of benzene rings is 2. The highest BCUT2D eigenvalue weighted by Gasteiger charge is 2.21. The number of hydrogen-bond donors (Lipinski definition) is 1. The Morgan fingerprint density at radius 3 is 2.71 bits per heavy atom. The van der Waals surface area contributed by atoms with Crippen molar-refractivity contribution in [3.8, 4) is 34.1 Å². The van der Waals surface area contributed by atoms with Crippen LogP contribution in [-0.2, 0) is 11.2 Å². The van der Waals surface area contributed by atoms with E-state index in [1.807, 2.05) is 24.3 Å².